The minimum absolute atomic E-state index is 0.120. The van der Waals surface area contributed by atoms with Gasteiger partial charge in [-0.15, -0.1) is 0 Å². The number of hydrogen-bond donors (Lipinski definition) is 0. The summed E-state index contributed by atoms with van der Waals surface area (Å²) in [5.41, 5.74) is 23.6. The summed E-state index contributed by atoms with van der Waals surface area (Å²) in [6, 6.07) is 74.6. The third-order valence-corrected chi connectivity index (χ3v) is 15.5. The van der Waals surface area contributed by atoms with Crippen molar-refractivity contribution in [3.05, 3.63) is 234 Å². The molecule has 66 heavy (non-hydrogen) atoms. The Labute approximate surface area is 387 Å². The Morgan fingerprint density at radius 3 is 1.35 bits per heavy atom. The average molecular weight is 850 g/mol. The van der Waals surface area contributed by atoms with E-state index in [0.717, 1.165) is 22.7 Å². The van der Waals surface area contributed by atoms with Crippen LogP contribution in [0.15, 0.2) is 200 Å². The van der Waals surface area contributed by atoms with Crippen LogP contribution < -0.4 is 9.80 Å². The van der Waals surface area contributed by atoms with Crippen molar-refractivity contribution in [2.24, 2.45) is 0 Å². The van der Waals surface area contributed by atoms with Gasteiger partial charge >= 0.3 is 0 Å². The van der Waals surface area contributed by atoms with Gasteiger partial charge in [0.05, 0.1) is 16.7 Å². The van der Waals surface area contributed by atoms with E-state index < -0.39 is 0 Å². The zero-order valence-electron chi connectivity index (χ0n) is 38.4. The molecule has 0 unspecified atom stereocenters. The highest BCUT2D eigenvalue weighted by atomic mass is 15.1. The summed E-state index contributed by atoms with van der Waals surface area (Å²) < 4.78 is 2.65. The molecule has 9 aromatic carbocycles. The molecular formula is C63H51N3. The monoisotopic (exact) mass is 849 g/mol. The molecule has 0 saturated heterocycles. The zero-order chi connectivity index (χ0) is 44.7. The van der Waals surface area contributed by atoms with Crippen LogP contribution in [0.5, 0.6) is 0 Å². The van der Waals surface area contributed by atoms with Gasteiger partial charge in [-0.05, 0) is 141 Å². The normalized spacial score (nSPS) is 15.2. The topological polar surface area (TPSA) is 11.4 Å². The van der Waals surface area contributed by atoms with E-state index in [1.807, 2.05) is 0 Å². The lowest BCUT2D eigenvalue weighted by atomic mass is 9.68. The standard InChI is InChI=1S/C63H51N3/c1-61(2)52-26-17-16-25-48(52)49-34-33-46(38-55(49)61)65(44-23-14-9-15-24-44)47-37-51-50-35-41(40-29-31-45(32-30-40)64(42-19-10-7-11-20-42)43-21-12-8-13-22-43)36-56-58(50)66-59(51)57(39-47)63(5,6)54-28-18-27-53(60(54)66)62(56,3)4/h7-39H,1-6H3. The van der Waals surface area contributed by atoms with Crippen molar-refractivity contribution in [2.75, 3.05) is 9.80 Å². The molecule has 0 bridgehead atoms. The van der Waals surface area contributed by atoms with Crippen LogP contribution >= 0.6 is 0 Å². The van der Waals surface area contributed by atoms with E-state index in [-0.39, 0.29) is 16.2 Å². The number of aromatic nitrogens is 1. The lowest BCUT2D eigenvalue weighted by Gasteiger charge is -2.42. The number of rotatable bonds is 7. The minimum Gasteiger partial charge on any atom is -0.311 e. The summed E-state index contributed by atoms with van der Waals surface area (Å²) in [6.45, 7) is 14.5. The van der Waals surface area contributed by atoms with Gasteiger partial charge in [0, 0.05) is 61.1 Å². The molecule has 3 nitrogen and oxygen atoms in total. The second kappa shape index (κ2) is 13.7. The number of hydrogen-bond acceptors (Lipinski definition) is 2. The molecule has 0 fully saturated rings. The van der Waals surface area contributed by atoms with E-state index >= 15 is 0 Å². The van der Waals surface area contributed by atoms with Gasteiger partial charge in [0.25, 0.3) is 0 Å². The summed E-state index contributed by atoms with van der Waals surface area (Å²) in [5, 5.41) is 2.59. The fourth-order valence-corrected chi connectivity index (χ4v) is 12.1. The van der Waals surface area contributed by atoms with Crippen LogP contribution in [-0.2, 0) is 16.2 Å². The van der Waals surface area contributed by atoms with Crippen molar-refractivity contribution in [1.29, 1.82) is 0 Å². The van der Waals surface area contributed by atoms with E-state index in [4.69, 9.17) is 0 Å². The molecule has 0 atom stereocenters. The first-order valence-corrected chi connectivity index (χ1v) is 23.4. The van der Waals surface area contributed by atoms with Crippen molar-refractivity contribution < 1.29 is 0 Å². The van der Waals surface area contributed by atoms with Gasteiger partial charge in [0.2, 0.25) is 0 Å². The molecule has 2 aliphatic heterocycles. The molecule has 10 aromatic rings. The smallest absolute Gasteiger partial charge is 0.0583 e. The molecule has 0 radical (unpaired) electrons. The van der Waals surface area contributed by atoms with Gasteiger partial charge in [0.1, 0.15) is 0 Å². The Kier molecular flexibility index (Phi) is 8.06. The van der Waals surface area contributed by atoms with Crippen molar-refractivity contribution in [3.63, 3.8) is 0 Å². The Bertz CT molecular complexity index is 3560. The molecule has 3 aliphatic rings. The summed E-state index contributed by atoms with van der Waals surface area (Å²) in [5.74, 6) is 0. The molecule has 0 N–H and O–H groups in total. The Hall–Kier alpha value is -7.62. The number of nitrogens with zero attached hydrogens (tertiary/aromatic N) is 3. The Morgan fingerprint density at radius 1 is 0.303 bits per heavy atom. The quantitative estimate of drug-likeness (QED) is 0.158. The van der Waals surface area contributed by atoms with Crippen LogP contribution in [-0.4, -0.2) is 4.57 Å². The van der Waals surface area contributed by atoms with E-state index in [9.17, 15) is 0 Å². The molecule has 0 amide bonds. The maximum absolute atomic E-state index is 2.65. The molecule has 3 heterocycles. The molecular weight excluding hydrogens is 799 g/mol. The fraction of sp³-hybridized carbons (Fsp3) is 0.143. The summed E-state index contributed by atoms with van der Waals surface area (Å²) in [4.78, 5) is 4.83. The second-order valence-corrected chi connectivity index (χ2v) is 20.2. The lowest BCUT2D eigenvalue weighted by molar-refractivity contribution is 0.594. The third kappa shape index (κ3) is 5.31. The van der Waals surface area contributed by atoms with Crippen molar-refractivity contribution in [2.45, 2.75) is 57.8 Å². The molecule has 1 aromatic heterocycles. The van der Waals surface area contributed by atoms with Gasteiger partial charge in [0.15, 0.2) is 0 Å². The van der Waals surface area contributed by atoms with Crippen LogP contribution in [0.2, 0.25) is 0 Å². The highest BCUT2D eigenvalue weighted by molar-refractivity contribution is 6.16. The number of para-hydroxylation sites is 4. The summed E-state index contributed by atoms with van der Waals surface area (Å²) in [7, 11) is 0. The van der Waals surface area contributed by atoms with Crippen molar-refractivity contribution >= 4 is 55.9 Å². The number of anilines is 6. The van der Waals surface area contributed by atoms with E-state index in [0.29, 0.717) is 0 Å². The largest absolute Gasteiger partial charge is 0.311 e. The van der Waals surface area contributed by atoms with Gasteiger partial charge in [-0.2, -0.15) is 0 Å². The van der Waals surface area contributed by atoms with E-state index in [2.05, 4.69) is 256 Å². The molecule has 318 valence electrons. The maximum Gasteiger partial charge on any atom is 0.0583 e. The molecule has 1 aliphatic carbocycles. The molecule has 0 saturated carbocycles. The zero-order valence-corrected chi connectivity index (χ0v) is 38.4. The van der Waals surface area contributed by atoms with Gasteiger partial charge in [-0.1, -0.05) is 157 Å². The lowest BCUT2D eigenvalue weighted by Crippen LogP contribution is -2.33. The van der Waals surface area contributed by atoms with Crippen LogP contribution in [0.25, 0.3) is 49.7 Å². The van der Waals surface area contributed by atoms with Crippen LogP contribution in [0.4, 0.5) is 34.1 Å². The van der Waals surface area contributed by atoms with E-state index in [1.165, 1.54) is 94.5 Å². The first-order chi connectivity index (χ1) is 32.0. The number of fused-ring (bicyclic) bond motifs is 4. The minimum atomic E-state index is -0.260. The molecule has 3 heteroatoms. The third-order valence-electron chi connectivity index (χ3n) is 15.5. The molecule has 13 rings (SSSR count). The first kappa shape index (κ1) is 38.8. The van der Waals surface area contributed by atoms with Crippen molar-refractivity contribution in [1.82, 2.24) is 4.57 Å². The molecule has 0 spiro atoms. The van der Waals surface area contributed by atoms with Crippen molar-refractivity contribution in [3.8, 4) is 27.9 Å². The second-order valence-electron chi connectivity index (χ2n) is 20.2. The SMILES string of the molecule is CC1(C)c2ccccc2-c2ccc(N(c3ccccc3)c3cc4c5c(c3)c3cc(-c6ccc(N(c7ccccc7)c7ccccc7)cc6)cc6c3n5-c3c(cccc3C4(C)C)C6(C)C)cc21. The maximum atomic E-state index is 2.65. The van der Waals surface area contributed by atoms with Gasteiger partial charge < -0.3 is 14.4 Å². The van der Waals surface area contributed by atoms with Gasteiger partial charge in [-0.3, -0.25) is 0 Å². The first-order valence-electron chi connectivity index (χ1n) is 23.4. The predicted molar refractivity (Wildman–Crippen MR) is 277 cm³/mol. The summed E-state index contributed by atoms with van der Waals surface area (Å²) >= 11 is 0. The highest BCUT2D eigenvalue weighted by Gasteiger charge is 2.44. The van der Waals surface area contributed by atoms with Crippen LogP contribution in [0.1, 0.15) is 74.9 Å². The number of benzene rings is 9. The predicted octanol–water partition coefficient (Wildman–Crippen LogP) is 17.0. The Balaban J connectivity index is 1.05. The summed E-state index contributed by atoms with van der Waals surface area (Å²) in [6.07, 6.45) is 0. The highest BCUT2D eigenvalue weighted by Crippen LogP contribution is 2.58. The average Bonchev–Trinajstić information content (AvgIpc) is 3.79. The van der Waals surface area contributed by atoms with Crippen LogP contribution in [0, 0.1) is 0 Å². The fourth-order valence-electron chi connectivity index (χ4n) is 12.1. The van der Waals surface area contributed by atoms with Crippen LogP contribution in [0.3, 0.4) is 0 Å². The van der Waals surface area contributed by atoms with E-state index in [1.54, 1.807) is 0 Å². The van der Waals surface area contributed by atoms with Gasteiger partial charge in [-0.25, -0.2) is 0 Å². The Morgan fingerprint density at radius 2 is 0.742 bits per heavy atom.